The normalized spacial score (nSPS) is 16.8. The lowest BCUT2D eigenvalue weighted by atomic mass is 10.0. The molecule has 0 aliphatic carbocycles. The summed E-state index contributed by atoms with van der Waals surface area (Å²) < 4.78 is 13.6. The predicted octanol–water partition coefficient (Wildman–Crippen LogP) is 1.04. The van der Waals surface area contributed by atoms with E-state index in [2.05, 4.69) is 9.88 Å². The predicted molar refractivity (Wildman–Crippen MR) is 82.5 cm³/mol. The van der Waals surface area contributed by atoms with Gasteiger partial charge in [0.1, 0.15) is 0 Å². The highest BCUT2D eigenvalue weighted by molar-refractivity contribution is 7.80. The molecule has 0 bridgehead atoms. The third-order valence-corrected chi connectivity index (χ3v) is 4.46. The van der Waals surface area contributed by atoms with Crippen molar-refractivity contribution in [3.63, 3.8) is 0 Å². The molecule has 1 aromatic heterocycles. The summed E-state index contributed by atoms with van der Waals surface area (Å²) in [5, 5.41) is 0. The second-order valence-corrected chi connectivity index (χ2v) is 6.00. The van der Waals surface area contributed by atoms with E-state index < -0.39 is 5.82 Å². The van der Waals surface area contributed by atoms with Crippen molar-refractivity contribution in [1.29, 1.82) is 0 Å². The standard InChI is InChI=1S/C14H19FN4OS/c1-14(2,13(16)21)19-7-5-18(6-8-19)12(20)10-3-4-17-9-11(10)15/h3-4,9H,5-8H2,1-2H3,(H2,16,21). The highest BCUT2D eigenvalue weighted by atomic mass is 32.1. The Morgan fingerprint density at radius 2 is 2.00 bits per heavy atom. The van der Waals surface area contributed by atoms with Crippen molar-refractivity contribution in [2.24, 2.45) is 5.73 Å². The van der Waals surface area contributed by atoms with Crippen LogP contribution in [-0.2, 0) is 0 Å². The summed E-state index contributed by atoms with van der Waals surface area (Å²) in [6.07, 6.45) is 2.47. The fourth-order valence-electron chi connectivity index (χ4n) is 2.34. The van der Waals surface area contributed by atoms with Gasteiger partial charge < -0.3 is 10.6 Å². The maximum Gasteiger partial charge on any atom is 0.257 e. The molecule has 1 aliphatic rings. The van der Waals surface area contributed by atoms with E-state index in [1.165, 1.54) is 12.3 Å². The van der Waals surface area contributed by atoms with E-state index in [4.69, 9.17) is 18.0 Å². The van der Waals surface area contributed by atoms with Crippen LogP contribution in [0.5, 0.6) is 0 Å². The number of rotatable bonds is 3. The van der Waals surface area contributed by atoms with Crippen LogP contribution >= 0.6 is 12.2 Å². The first-order chi connectivity index (χ1) is 9.84. The number of pyridine rings is 1. The maximum absolute atomic E-state index is 13.6. The number of piperazine rings is 1. The van der Waals surface area contributed by atoms with Crippen molar-refractivity contribution in [3.8, 4) is 0 Å². The SMILES string of the molecule is CC(C)(C(N)=S)N1CCN(C(=O)c2ccncc2F)CC1. The van der Waals surface area contributed by atoms with Gasteiger partial charge in [-0.1, -0.05) is 12.2 Å². The summed E-state index contributed by atoms with van der Waals surface area (Å²) in [6, 6.07) is 1.41. The first kappa shape index (κ1) is 15.8. The van der Waals surface area contributed by atoms with Gasteiger partial charge in [0.15, 0.2) is 5.82 Å². The average Bonchev–Trinajstić information content (AvgIpc) is 2.47. The molecule has 0 spiro atoms. The summed E-state index contributed by atoms with van der Waals surface area (Å²) in [7, 11) is 0. The number of hydrogen-bond acceptors (Lipinski definition) is 4. The summed E-state index contributed by atoms with van der Waals surface area (Å²) in [4.78, 5) is 20.2. The monoisotopic (exact) mass is 310 g/mol. The number of aromatic nitrogens is 1. The molecule has 114 valence electrons. The van der Waals surface area contributed by atoms with Crippen LogP contribution in [-0.4, -0.2) is 57.4 Å². The first-order valence-electron chi connectivity index (χ1n) is 6.78. The lowest BCUT2D eigenvalue weighted by molar-refractivity contribution is 0.0535. The molecule has 1 fully saturated rings. The molecule has 0 unspecified atom stereocenters. The van der Waals surface area contributed by atoms with E-state index in [0.717, 1.165) is 6.20 Å². The highest BCUT2D eigenvalue weighted by Gasteiger charge is 2.33. The smallest absolute Gasteiger partial charge is 0.257 e. The molecule has 2 N–H and O–H groups in total. The number of carbonyl (C=O) groups is 1. The van der Waals surface area contributed by atoms with Crippen molar-refractivity contribution >= 4 is 23.1 Å². The lowest BCUT2D eigenvalue weighted by Gasteiger charge is -2.43. The molecule has 0 radical (unpaired) electrons. The fourth-order valence-corrected chi connectivity index (χ4v) is 2.47. The van der Waals surface area contributed by atoms with Gasteiger partial charge >= 0.3 is 0 Å². The van der Waals surface area contributed by atoms with Crippen LogP contribution in [0.2, 0.25) is 0 Å². The minimum atomic E-state index is -0.589. The van der Waals surface area contributed by atoms with Crippen LogP contribution in [0.3, 0.4) is 0 Å². The van der Waals surface area contributed by atoms with Crippen molar-refractivity contribution in [2.45, 2.75) is 19.4 Å². The first-order valence-corrected chi connectivity index (χ1v) is 7.18. The maximum atomic E-state index is 13.6. The third-order valence-electron chi connectivity index (χ3n) is 3.96. The molecule has 1 amide bonds. The van der Waals surface area contributed by atoms with Gasteiger partial charge in [-0.2, -0.15) is 0 Å². The summed E-state index contributed by atoms with van der Waals surface area (Å²) in [6.45, 7) is 6.29. The van der Waals surface area contributed by atoms with E-state index in [0.29, 0.717) is 31.2 Å². The highest BCUT2D eigenvalue weighted by Crippen LogP contribution is 2.19. The Kier molecular flexibility index (Phi) is 4.53. The Hall–Kier alpha value is -1.60. The molecular weight excluding hydrogens is 291 g/mol. The molecule has 1 saturated heterocycles. The Morgan fingerprint density at radius 1 is 1.38 bits per heavy atom. The second kappa shape index (κ2) is 6.03. The quantitative estimate of drug-likeness (QED) is 0.845. The minimum Gasteiger partial charge on any atom is -0.392 e. The molecule has 1 aliphatic heterocycles. The summed E-state index contributed by atoms with van der Waals surface area (Å²) in [5.41, 5.74) is 5.44. The Bertz CT molecular complexity index is 556. The van der Waals surface area contributed by atoms with Gasteiger partial charge in [0.2, 0.25) is 0 Å². The van der Waals surface area contributed by atoms with Crippen LogP contribution in [0.15, 0.2) is 18.5 Å². The van der Waals surface area contributed by atoms with Gasteiger partial charge in [0.25, 0.3) is 5.91 Å². The van der Waals surface area contributed by atoms with E-state index in [9.17, 15) is 9.18 Å². The number of amides is 1. The Labute approximate surface area is 128 Å². The van der Waals surface area contributed by atoms with E-state index >= 15 is 0 Å². The van der Waals surface area contributed by atoms with Crippen molar-refractivity contribution in [1.82, 2.24) is 14.8 Å². The molecule has 7 heteroatoms. The molecule has 1 aromatic rings. The number of halogens is 1. The second-order valence-electron chi connectivity index (χ2n) is 5.56. The fraction of sp³-hybridized carbons (Fsp3) is 0.500. The van der Waals surface area contributed by atoms with Gasteiger partial charge in [-0.25, -0.2) is 4.39 Å². The zero-order chi connectivity index (χ0) is 15.6. The number of carbonyl (C=O) groups excluding carboxylic acids is 1. The van der Waals surface area contributed by atoms with Crippen LogP contribution in [0, 0.1) is 5.82 Å². The van der Waals surface area contributed by atoms with Gasteiger partial charge in [0, 0.05) is 32.4 Å². The van der Waals surface area contributed by atoms with Crippen LogP contribution in [0.1, 0.15) is 24.2 Å². The molecule has 2 heterocycles. The largest absolute Gasteiger partial charge is 0.392 e. The van der Waals surface area contributed by atoms with Crippen molar-refractivity contribution in [2.75, 3.05) is 26.2 Å². The van der Waals surface area contributed by atoms with Gasteiger partial charge in [-0.3, -0.25) is 14.7 Å². The van der Waals surface area contributed by atoms with Crippen molar-refractivity contribution < 1.29 is 9.18 Å². The molecule has 21 heavy (non-hydrogen) atoms. The average molecular weight is 310 g/mol. The van der Waals surface area contributed by atoms with Crippen LogP contribution < -0.4 is 5.73 Å². The summed E-state index contributed by atoms with van der Waals surface area (Å²) in [5.74, 6) is -0.893. The van der Waals surface area contributed by atoms with Gasteiger partial charge in [-0.05, 0) is 19.9 Å². The number of thiocarbonyl (C=S) groups is 1. The van der Waals surface area contributed by atoms with E-state index in [1.54, 1.807) is 4.90 Å². The lowest BCUT2D eigenvalue weighted by Crippen LogP contribution is -2.59. The van der Waals surface area contributed by atoms with Crippen LogP contribution in [0.4, 0.5) is 4.39 Å². The molecule has 0 aromatic carbocycles. The number of nitrogens with two attached hydrogens (primary N) is 1. The van der Waals surface area contributed by atoms with E-state index in [1.807, 2.05) is 13.8 Å². The molecule has 5 nitrogen and oxygen atoms in total. The van der Waals surface area contributed by atoms with Gasteiger partial charge in [0.05, 0.1) is 22.3 Å². The van der Waals surface area contributed by atoms with Gasteiger partial charge in [-0.15, -0.1) is 0 Å². The Morgan fingerprint density at radius 3 is 2.52 bits per heavy atom. The van der Waals surface area contributed by atoms with Crippen LogP contribution in [0.25, 0.3) is 0 Å². The number of nitrogens with zero attached hydrogens (tertiary/aromatic N) is 3. The molecule has 0 saturated carbocycles. The van der Waals surface area contributed by atoms with Crippen molar-refractivity contribution in [3.05, 3.63) is 29.8 Å². The molecule has 0 atom stereocenters. The number of hydrogen-bond donors (Lipinski definition) is 1. The molecule has 2 rings (SSSR count). The summed E-state index contributed by atoms with van der Waals surface area (Å²) >= 11 is 5.09. The Balaban J connectivity index is 2.03. The topological polar surface area (TPSA) is 62.5 Å². The molecular formula is C14H19FN4OS. The zero-order valence-electron chi connectivity index (χ0n) is 12.2. The van der Waals surface area contributed by atoms with E-state index in [-0.39, 0.29) is 17.0 Å². The minimum absolute atomic E-state index is 0.0621. The third kappa shape index (κ3) is 3.19. The zero-order valence-corrected chi connectivity index (χ0v) is 13.0.